The summed E-state index contributed by atoms with van der Waals surface area (Å²) in [5.74, 6) is 0. The maximum Gasteiger partial charge on any atom is 0.158 e. The van der Waals surface area contributed by atoms with Crippen molar-refractivity contribution in [2.24, 2.45) is 7.05 Å². The zero-order chi connectivity index (χ0) is 11.1. The molecule has 16 heavy (non-hydrogen) atoms. The summed E-state index contributed by atoms with van der Waals surface area (Å²) >= 11 is 6.04. The molecule has 0 radical (unpaired) electrons. The molecule has 0 saturated carbocycles. The van der Waals surface area contributed by atoms with Crippen molar-refractivity contribution in [2.75, 3.05) is 6.54 Å². The minimum Gasteiger partial charge on any atom is -0.310 e. The highest BCUT2D eigenvalue weighted by atomic mass is 35.5. The SMILES string of the molecule is Cn1nc(Cl)c2ccc(C3CCCN3)cc21. The van der Waals surface area contributed by atoms with Crippen molar-refractivity contribution >= 4 is 22.5 Å². The van der Waals surface area contributed by atoms with E-state index in [1.165, 1.54) is 18.4 Å². The van der Waals surface area contributed by atoms with Crippen molar-refractivity contribution in [2.45, 2.75) is 18.9 Å². The van der Waals surface area contributed by atoms with E-state index in [1.807, 2.05) is 11.7 Å². The molecular formula is C12H14ClN3. The van der Waals surface area contributed by atoms with Crippen molar-refractivity contribution in [1.29, 1.82) is 0 Å². The van der Waals surface area contributed by atoms with E-state index in [9.17, 15) is 0 Å². The second kappa shape index (κ2) is 3.75. The molecule has 1 unspecified atom stereocenters. The summed E-state index contributed by atoms with van der Waals surface area (Å²) in [7, 11) is 1.93. The molecule has 1 fully saturated rings. The second-order valence-corrected chi connectivity index (χ2v) is 4.70. The van der Waals surface area contributed by atoms with E-state index >= 15 is 0 Å². The van der Waals surface area contributed by atoms with Crippen molar-refractivity contribution in [3.8, 4) is 0 Å². The number of hydrogen-bond acceptors (Lipinski definition) is 2. The molecule has 1 aromatic carbocycles. The first-order valence-electron chi connectivity index (χ1n) is 5.61. The third-order valence-corrected chi connectivity index (χ3v) is 3.57. The molecule has 1 aliphatic heterocycles. The van der Waals surface area contributed by atoms with Gasteiger partial charge < -0.3 is 5.32 Å². The molecule has 4 heteroatoms. The Hall–Kier alpha value is -1.06. The Morgan fingerprint density at radius 1 is 1.50 bits per heavy atom. The molecule has 0 bridgehead atoms. The highest BCUT2D eigenvalue weighted by Gasteiger charge is 2.17. The van der Waals surface area contributed by atoms with Gasteiger partial charge in [-0.15, -0.1) is 0 Å². The Balaban J connectivity index is 2.11. The van der Waals surface area contributed by atoms with Gasteiger partial charge in [0.25, 0.3) is 0 Å². The lowest BCUT2D eigenvalue weighted by Crippen LogP contribution is -2.12. The van der Waals surface area contributed by atoms with E-state index in [4.69, 9.17) is 11.6 Å². The van der Waals surface area contributed by atoms with Gasteiger partial charge in [-0.2, -0.15) is 5.10 Å². The standard InChI is InChI=1S/C12H14ClN3/c1-16-11-7-8(10-3-2-6-14-10)4-5-9(11)12(13)15-16/h4-5,7,10,14H,2-3,6H2,1H3. The van der Waals surface area contributed by atoms with Crippen molar-refractivity contribution in [1.82, 2.24) is 15.1 Å². The summed E-state index contributed by atoms with van der Waals surface area (Å²) in [5, 5.41) is 9.34. The summed E-state index contributed by atoms with van der Waals surface area (Å²) in [5.41, 5.74) is 2.45. The summed E-state index contributed by atoms with van der Waals surface area (Å²) in [4.78, 5) is 0. The van der Waals surface area contributed by atoms with Gasteiger partial charge in [0, 0.05) is 18.5 Å². The first-order chi connectivity index (χ1) is 7.75. The zero-order valence-electron chi connectivity index (χ0n) is 9.20. The van der Waals surface area contributed by atoms with Crippen LogP contribution in [-0.4, -0.2) is 16.3 Å². The lowest BCUT2D eigenvalue weighted by atomic mass is 10.0. The van der Waals surface area contributed by atoms with Crippen LogP contribution >= 0.6 is 11.6 Å². The highest BCUT2D eigenvalue weighted by Crippen LogP contribution is 2.28. The molecule has 1 N–H and O–H groups in total. The van der Waals surface area contributed by atoms with Gasteiger partial charge in [-0.1, -0.05) is 17.7 Å². The first kappa shape index (κ1) is 10.1. The molecule has 1 aliphatic rings. The monoisotopic (exact) mass is 235 g/mol. The number of nitrogens with one attached hydrogen (secondary N) is 1. The van der Waals surface area contributed by atoms with Crippen LogP contribution in [0.4, 0.5) is 0 Å². The number of aromatic nitrogens is 2. The lowest BCUT2D eigenvalue weighted by Gasteiger charge is -2.10. The number of fused-ring (bicyclic) bond motifs is 1. The average Bonchev–Trinajstić information content (AvgIpc) is 2.88. The van der Waals surface area contributed by atoms with Gasteiger partial charge in [0.1, 0.15) is 0 Å². The molecule has 2 aromatic rings. The molecule has 1 aromatic heterocycles. The summed E-state index contributed by atoms with van der Waals surface area (Å²) in [6, 6.07) is 6.91. The van der Waals surface area contributed by atoms with E-state index < -0.39 is 0 Å². The molecule has 3 rings (SSSR count). The van der Waals surface area contributed by atoms with E-state index in [1.54, 1.807) is 0 Å². The minimum absolute atomic E-state index is 0.498. The second-order valence-electron chi connectivity index (χ2n) is 4.34. The first-order valence-corrected chi connectivity index (χ1v) is 5.99. The number of halogens is 1. The normalized spacial score (nSPS) is 20.8. The van der Waals surface area contributed by atoms with Crippen LogP contribution in [0.5, 0.6) is 0 Å². The highest BCUT2D eigenvalue weighted by molar-refractivity contribution is 6.34. The number of hydrogen-bond donors (Lipinski definition) is 1. The summed E-state index contributed by atoms with van der Waals surface area (Å²) in [6.45, 7) is 1.12. The maximum atomic E-state index is 6.04. The number of rotatable bonds is 1. The topological polar surface area (TPSA) is 29.9 Å². The molecule has 1 atom stereocenters. The maximum absolute atomic E-state index is 6.04. The van der Waals surface area contributed by atoms with Gasteiger partial charge in [-0.3, -0.25) is 4.68 Å². The van der Waals surface area contributed by atoms with Crippen molar-refractivity contribution < 1.29 is 0 Å². The van der Waals surface area contributed by atoms with E-state index in [2.05, 4.69) is 28.6 Å². The quantitative estimate of drug-likeness (QED) is 0.824. The average molecular weight is 236 g/mol. The zero-order valence-corrected chi connectivity index (χ0v) is 9.96. The number of aryl methyl sites for hydroxylation is 1. The van der Waals surface area contributed by atoms with E-state index in [-0.39, 0.29) is 0 Å². The Morgan fingerprint density at radius 3 is 3.12 bits per heavy atom. The van der Waals surface area contributed by atoms with Gasteiger partial charge in [0.2, 0.25) is 0 Å². The molecule has 84 valence electrons. The Labute approximate surface area is 99.4 Å². The molecule has 1 saturated heterocycles. The van der Waals surface area contributed by atoms with Crippen LogP contribution in [0.3, 0.4) is 0 Å². The predicted octanol–water partition coefficient (Wildman–Crippen LogP) is 2.65. The molecule has 0 amide bonds. The largest absolute Gasteiger partial charge is 0.310 e. The molecule has 0 spiro atoms. The lowest BCUT2D eigenvalue weighted by molar-refractivity contribution is 0.648. The minimum atomic E-state index is 0.498. The van der Waals surface area contributed by atoms with Gasteiger partial charge in [-0.05, 0) is 37.1 Å². The van der Waals surface area contributed by atoms with Gasteiger partial charge >= 0.3 is 0 Å². The van der Waals surface area contributed by atoms with Crippen molar-refractivity contribution in [3.63, 3.8) is 0 Å². The predicted molar refractivity (Wildman–Crippen MR) is 65.7 cm³/mol. The fourth-order valence-electron chi connectivity index (χ4n) is 2.42. The van der Waals surface area contributed by atoms with Crippen LogP contribution in [0.15, 0.2) is 18.2 Å². The van der Waals surface area contributed by atoms with Crippen LogP contribution in [-0.2, 0) is 7.05 Å². The summed E-state index contributed by atoms with van der Waals surface area (Å²) in [6.07, 6.45) is 2.48. The van der Waals surface area contributed by atoms with Crippen LogP contribution in [0.25, 0.3) is 10.9 Å². The van der Waals surface area contributed by atoms with E-state index in [0.29, 0.717) is 11.2 Å². The smallest absolute Gasteiger partial charge is 0.158 e. The summed E-state index contributed by atoms with van der Waals surface area (Å²) < 4.78 is 1.84. The fourth-order valence-corrected chi connectivity index (χ4v) is 2.69. The molecule has 2 heterocycles. The van der Waals surface area contributed by atoms with Crippen LogP contribution in [0.2, 0.25) is 5.15 Å². The third-order valence-electron chi connectivity index (χ3n) is 3.29. The Kier molecular flexibility index (Phi) is 2.37. The number of benzene rings is 1. The van der Waals surface area contributed by atoms with Crippen molar-refractivity contribution in [3.05, 3.63) is 28.9 Å². The Bertz CT molecular complexity index is 526. The van der Waals surface area contributed by atoms with Gasteiger partial charge in [0.15, 0.2) is 5.15 Å². The molecule has 3 nitrogen and oxygen atoms in total. The third kappa shape index (κ3) is 1.51. The van der Waals surface area contributed by atoms with Gasteiger partial charge in [0.05, 0.1) is 5.52 Å². The molecule has 0 aliphatic carbocycles. The van der Waals surface area contributed by atoms with Crippen LogP contribution in [0, 0.1) is 0 Å². The van der Waals surface area contributed by atoms with Gasteiger partial charge in [-0.25, -0.2) is 0 Å². The molecular weight excluding hydrogens is 222 g/mol. The fraction of sp³-hybridized carbons (Fsp3) is 0.417. The van der Waals surface area contributed by atoms with Crippen LogP contribution < -0.4 is 5.32 Å². The number of nitrogens with zero attached hydrogens (tertiary/aromatic N) is 2. The Morgan fingerprint density at radius 2 is 2.38 bits per heavy atom. The van der Waals surface area contributed by atoms with E-state index in [0.717, 1.165) is 17.4 Å². The van der Waals surface area contributed by atoms with Crippen LogP contribution in [0.1, 0.15) is 24.4 Å².